The average Bonchev–Trinajstić information content (AvgIpc) is 2.41. The van der Waals surface area contributed by atoms with Crippen molar-refractivity contribution in [1.29, 1.82) is 0 Å². The zero-order valence-corrected chi connectivity index (χ0v) is 12.5. The largest absolute Gasteiger partial charge is 0.340 e. The normalized spacial score (nSPS) is 21.7. The van der Waals surface area contributed by atoms with Gasteiger partial charge in [0.15, 0.2) is 0 Å². The summed E-state index contributed by atoms with van der Waals surface area (Å²) in [5, 5.41) is 0. The van der Waals surface area contributed by atoms with E-state index in [1.807, 2.05) is 17.0 Å². The molecule has 1 unspecified atom stereocenters. The van der Waals surface area contributed by atoms with Gasteiger partial charge < -0.3 is 4.90 Å². The van der Waals surface area contributed by atoms with E-state index in [-0.39, 0.29) is 17.9 Å². The lowest BCUT2D eigenvalue weighted by molar-refractivity contribution is -0.140. The zero-order valence-electron chi connectivity index (χ0n) is 12.5. The van der Waals surface area contributed by atoms with Crippen LogP contribution in [0.5, 0.6) is 0 Å². The van der Waals surface area contributed by atoms with E-state index in [0.717, 1.165) is 30.8 Å². The van der Waals surface area contributed by atoms with Crippen molar-refractivity contribution in [1.82, 2.24) is 4.90 Å². The summed E-state index contributed by atoms with van der Waals surface area (Å²) in [7, 11) is 5.81. The molecule has 2 aliphatic heterocycles. The van der Waals surface area contributed by atoms with E-state index >= 15 is 0 Å². The Labute approximate surface area is 126 Å². The Hall–Kier alpha value is -1.78. The van der Waals surface area contributed by atoms with Crippen molar-refractivity contribution in [2.75, 3.05) is 18.0 Å². The fraction of sp³-hybridized carbons (Fsp3) is 0.500. The standard InChI is InChI=1S/C16H19BN2O2/c1-10-8-18(9-10)16(21)15-5-3-12-7-13(17)4-6-14(12)19(15)11(2)20/h4,6-7,10,15H,3,5,8-9H2,1-2H3. The molecule has 4 nitrogen and oxygen atoms in total. The molecule has 108 valence electrons. The van der Waals surface area contributed by atoms with Crippen LogP contribution in [-0.2, 0) is 16.0 Å². The van der Waals surface area contributed by atoms with Crippen LogP contribution in [0.15, 0.2) is 18.2 Å². The number of carbonyl (C=O) groups is 2. The second-order valence-corrected chi connectivity index (χ2v) is 6.18. The van der Waals surface area contributed by atoms with Gasteiger partial charge in [-0.05, 0) is 30.4 Å². The molecule has 5 heteroatoms. The van der Waals surface area contributed by atoms with Crippen LogP contribution in [0.4, 0.5) is 5.69 Å². The Morgan fingerprint density at radius 2 is 2.00 bits per heavy atom. The molecule has 1 saturated heterocycles. The summed E-state index contributed by atoms with van der Waals surface area (Å²) in [4.78, 5) is 28.2. The molecule has 2 aliphatic rings. The van der Waals surface area contributed by atoms with Crippen LogP contribution in [0.25, 0.3) is 0 Å². The molecule has 3 rings (SSSR count). The van der Waals surface area contributed by atoms with E-state index < -0.39 is 0 Å². The lowest BCUT2D eigenvalue weighted by Crippen LogP contribution is -2.58. The first kappa shape index (κ1) is 14.2. The van der Waals surface area contributed by atoms with E-state index in [4.69, 9.17) is 7.85 Å². The van der Waals surface area contributed by atoms with Crippen molar-refractivity contribution in [2.24, 2.45) is 5.92 Å². The molecule has 1 fully saturated rings. The maximum atomic E-state index is 12.6. The molecular formula is C16H19BN2O2. The van der Waals surface area contributed by atoms with Gasteiger partial charge >= 0.3 is 0 Å². The van der Waals surface area contributed by atoms with E-state index in [0.29, 0.717) is 17.8 Å². The summed E-state index contributed by atoms with van der Waals surface area (Å²) in [6.07, 6.45) is 1.45. The number of hydrogen-bond acceptors (Lipinski definition) is 2. The highest BCUT2D eigenvalue weighted by Crippen LogP contribution is 2.32. The lowest BCUT2D eigenvalue weighted by Gasteiger charge is -2.43. The van der Waals surface area contributed by atoms with Crippen LogP contribution in [0.1, 0.15) is 25.8 Å². The molecule has 2 amide bonds. The zero-order chi connectivity index (χ0) is 15.1. The molecule has 1 aromatic rings. The van der Waals surface area contributed by atoms with Gasteiger partial charge in [0.25, 0.3) is 0 Å². The van der Waals surface area contributed by atoms with Crippen LogP contribution in [0.2, 0.25) is 0 Å². The lowest BCUT2D eigenvalue weighted by atomic mass is 9.87. The molecule has 21 heavy (non-hydrogen) atoms. The maximum absolute atomic E-state index is 12.6. The third-order valence-electron chi connectivity index (χ3n) is 4.36. The van der Waals surface area contributed by atoms with E-state index in [1.165, 1.54) is 6.92 Å². The number of fused-ring (bicyclic) bond motifs is 1. The smallest absolute Gasteiger partial charge is 0.245 e. The first-order chi connectivity index (χ1) is 9.97. The van der Waals surface area contributed by atoms with Gasteiger partial charge in [0.1, 0.15) is 13.9 Å². The van der Waals surface area contributed by atoms with Crippen molar-refractivity contribution in [2.45, 2.75) is 32.7 Å². The molecule has 1 aromatic carbocycles. The molecule has 0 N–H and O–H groups in total. The topological polar surface area (TPSA) is 40.6 Å². The molecule has 0 aliphatic carbocycles. The Morgan fingerprint density at radius 3 is 2.62 bits per heavy atom. The Morgan fingerprint density at radius 1 is 1.29 bits per heavy atom. The number of hydrogen-bond donors (Lipinski definition) is 0. The number of likely N-dealkylation sites (tertiary alicyclic amines) is 1. The summed E-state index contributed by atoms with van der Waals surface area (Å²) < 4.78 is 0. The Balaban J connectivity index is 1.90. The minimum atomic E-state index is -0.369. The van der Waals surface area contributed by atoms with Gasteiger partial charge in [0.05, 0.1) is 0 Å². The molecule has 0 saturated carbocycles. The number of rotatable bonds is 1. The highest BCUT2D eigenvalue weighted by atomic mass is 16.2. The monoisotopic (exact) mass is 282 g/mol. The minimum Gasteiger partial charge on any atom is -0.340 e. The summed E-state index contributed by atoms with van der Waals surface area (Å²) in [5.74, 6) is 0.550. The van der Waals surface area contributed by atoms with E-state index in [9.17, 15) is 9.59 Å². The molecule has 0 aromatic heterocycles. The third-order valence-corrected chi connectivity index (χ3v) is 4.36. The van der Waals surface area contributed by atoms with Crippen molar-refractivity contribution in [3.63, 3.8) is 0 Å². The summed E-state index contributed by atoms with van der Waals surface area (Å²) in [5.41, 5.74) is 2.57. The fourth-order valence-electron chi connectivity index (χ4n) is 3.34. The van der Waals surface area contributed by atoms with Crippen LogP contribution < -0.4 is 10.4 Å². The van der Waals surface area contributed by atoms with Gasteiger partial charge in [-0.15, -0.1) is 0 Å². The predicted octanol–water partition coefficient (Wildman–Crippen LogP) is 0.626. The Bertz CT molecular complexity index is 596. The molecule has 0 spiro atoms. The summed E-state index contributed by atoms with van der Waals surface area (Å²) in [6.45, 7) is 5.25. The van der Waals surface area contributed by atoms with Gasteiger partial charge in [0.2, 0.25) is 11.8 Å². The van der Waals surface area contributed by atoms with E-state index in [2.05, 4.69) is 6.92 Å². The summed E-state index contributed by atoms with van der Waals surface area (Å²) >= 11 is 0. The van der Waals surface area contributed by atoms with Crippen LogP contribution in [0, 0.1) is 5.92 Å². The number of amides is 2. The highest BCUT2D eigenvalue weighted by Gasteiger charge is 2.39. The van der Waals surface area contributed by atoms with Crippen molar-refractivity contribution < 1.29 is 9.59 Å². The van der Waals surface area contributed by atoms with Gasteiger partial charge in [-0.3, -0.25) is 14.5 Å². The predicted molar refractivity (Wildman–Crippen MR) is 82.8 cm³/mol. The number of benzene rings is 1. The first-order valence-electron chi connectivity index (χ1n) is 7.44. The minimum absolute atomic E-state index is 0.0748. The maximum Gasteiger partial charge on any atom is 0.245 e. The highest BCUT2D eigenvalue weighted by molar-refractivity contribution is 6.32. The summed E-state index contributed by atoms with van der Waals surface area (Å²) in [6, 6.07) is 5.17. The quantitative estimate of drug-likeness (QED) is 0.709. The second kappa shape index (κ2) is 5.21. The molecule has 2 radical (unpaired) electrons. The van der Waals surface area contributed by atoms with Crippen LogP contribution in [-0.4, -0.2) is 43.7 Å². The van der Waals surface area contributed by atoms with Gasteiger partial charge in [0, 0.05) is 25.7 Å². The number of nitrogens with zero attached hydrogens (tertiary/aromatic N) is 2. The Kier molecular flexibility index (Phi) is 3.51. The SMILES string of the molecule is [B]c1ccc2c(c1)CCC(C(=O)N1CC(C)C1)N2C(C)=O. The molecule has 0 bridgehead atoms. The third kappa shape index (κ3) is 2.45. The van der Waals surface area contributed by atoms with Gasteiger partial charge in [-0.2, -0.15) is 0 Å². The number of aryl methyl sites for hydroxylation is 1. The van der Waals surface area contributed by atoms with Crippen molar-refractivity contribution in [3.8, 4) is 0 Å². The molecule has 1 atom stereocenters. The number of anilines is 1. The van der Waals surface area contributed by atoms with Crippen molar-refractivity contribution >= 4 is 30.8 Å². The van der Waals surface area contributed by atoms with Crippen LogP contribution in [0.3, 0.4) is 0 Å². The number of carbonyl (C=O) groups excluding carboxylic acids is 2. The van der Waals surface area contributed by atoms with E-state index in [1.54, 1.807) is 11.0 Å². The fourth-order valence-corrected chi connectivity index (χ4v) is 3.34. The first-order valence-corrected chi connectivity index (χ1v) is 7.44. The molecular weight excluding hydrogens is 263 g/mol. The van der Waals surface area contributed by atoms with Gasteiger partial charge in [-0.25, -0.2) is 0 Å². The van der Waals surface area contributed by atoms with Crippen LogP contribution >= 0.6 is 0 Å². The van der Waals surface area contributed by atoms with Crippen molar-refractivity contribution in [3.05, 3.63) is 23.8 Å². The molecule has 2 heterocycles. The average molecular weight is 282 g/mol. The van der Waals surface area contributed by atoms with Gasteiger partial charge in [-0.1, -0.05) is 24.5 Å². The second-order valence-electron chi connectivity index (χ2n) is 6.18.